The lowest BCUT2D eigenvalue weighted by Gasteiger charge is -2.02. The zero-order valence-electron chi connectivity index (χ0n) is 7.18. The van der Waals surface area contributed by atoms with Gasteiger partial charge in [-0.3, -0.25) is 0 Å². The predicted octanol–water partition coefficient (Wildman–Crippen LogP) is 0.553. The van der Waals surface area contributed by atoms with Crippen molar-refractivity contribution in [2.45, 2.75) is 6.92 Å². The minimum absolute atomic E-state index is 0.647. The molecule has 2 rings (SSSR count). The number of nitrogens with zero attached hydrogens (tertiary/aromatic N) is 4. The van der Waals surface area contributed by atoms with Gasteiger partial charge in [-0.2, -0.15) is 10.2 Å². The summed E-state index contributed by atoms with van der Waals surface area (Å²) in [4.78, 5) is 5.60. The molecule has 0 aliphatic rings. The van der Waals surface area contributed by atoms with Crippen molar-refractivity contribution in [2.24, 2.45) is 0 Å². The standard InChI is InChI=1S/C8H9N5/c1-6-4-7(9)5-10-8(6)13-11-2-3-12-13/h2-5H,9H2,1H3. The van der Waals surface area contributed by atoms with Crippen molar-refractivity contribution in [1.29, 1.82) is 0 Å². The van der Waals surface area contributed by atoms with Crippen LogP contribution in [-0.2, 0) is 0 Å². The van der Waals surface area contributed by atoms with Crippen molar-refractivity contribution in [3.63, 3.8) is 0 Å². The zero-order valence-corrected chi connectivity index (χ0v) is 7.18. The second-order valence-electron chi connectivity index (χ2n) is 2.73. The third-order valence-electron chi connectivity index (χ3n) is 1.68. The minimum Gasteiger partial charge on any atom is -0.397 e. The number of pyridine rings is 1. The van der Waals surface area contributed by atoms with Gasteiger partial charge in [0.15, 0.2) is 5.82 Å². The fraction of sp³-hybridized carbons (Fsp3) is 0.125. The molecule has 2 heterocycles. The molecule has 0 radical (unpaired) electrons. The van der Waals surface area contributed by atoms with Gasteiger partial charge < -0.3 is 5.73 Å². The molecule has 0 saturated carbocycles. The van der Waals surface area contributed by atoms with E-state index in [4.69, 9.17) is 5.73 Å². The number of hydrogen-bond acceptors (Lipinski definition) is 4. The Hall–Kier alpha value is -1.91. The molecule has 5 heteroatoms. The average molecular weight is 175 g/mol. The van der Waals surface area contributed by atoms with E-state index in [-0.39, 0.29) is 0 Å². The normalized spacial score (nSPS) is 10.2. The number of aryl methyl sites for hydroxylation is 1. The first-order chi connectivity index (χ1) is 6.27. The van der Waals surface area contributed by atoms with Crippen molar-refractivity contribution in [3.05, 3.63) is 30.2 Å². The van der Waals surface area contributed by atoms with Crippen molar-refractivity contribution in [2.75, 3.05) is 5.73 Å². The van der Waals surface area contributed by atoms with Crippen LogP contribution in [0.1, 0.15) is 5.56 Å². The molecule has 0 amide bonds. The third-order valence-corrected chi connectivity index (χ3v) is 1.68. The summed E-state index contributed by atoms with van der Waals surface area (Å²) < 4.78 is 0. The van der Waals surface area contributed by atoms with Gasteiger partial charge in [0.2, 0.25) is 0 Å². The topological polar surface area (TPSA) is 69.6 Å². The summed E-state index contributed by atoms with van der Waals surface area (Å²) in [7, 11) is 0. The summed E-state index contributed by atoms with van der Waals surface area (Å²) in [6.45, 7) is 1.92. The highest BCUT2D eigenvalue weighted by molar-refractivity contribution is 5.43. The number of rotatable bonds is 1. The third kappa shape index (κ3) is 1.35. The quantitative estimate of drug-likeness (QED) is 0.687. The van der Waals surface area contributed by atoms with Crippen LogP contribution in [-0.4, -0.2) is 20.0 Å². The molecule has 66 valence electrons. The van der Waals surface area contributed by atoms with Gasteiger partial charge in [0.05, 0.1) is 24.3 Å². The molecule has 13 heavy (non-hydrogen) atoms. The highest BCUT2D eigenvalue weighted by Gasteiger charge is 2.03. The fourth-order valence-electron chi connectivity index (χ4n) is 1.12. The Morgan fingerprint density at radius 3 is 2.62 bits per heavy atom. The molecule has 0 fully saturated rings. The molecule has 2 aromatic heterocycles. The van der Waals surface area contributed by atoms with Gasteiger partial charge in [-0.15, -0.1) is 4.80 Å². The maximum absolute atomic E-state index is 5.57. The zero-order chi connectivity index (χ0) is 9.26. The average Bonchev–Trinajstić information content (AvgIpc) is 2.56. The molecule has 2 aromatic rings. The van der Waals surface area contributed by atoms with Gasteiger partial charge in [0.1, 0.15) is 0 Å². The largest absolute Gasteiger partial charge is 0.397 e. The smallest absolute Gasteiger partial charge is 0.177 e. The summed E-state index contributed by atoms with van der Waals surface area (Å²) in [5.74, 6) is 0.708. The van der Waals surface area contributed by atoms with Crippen molar-refractivity contribution >= 4 is 5.69 Å². The predicted molar refractivity (Wildman–Crippen MR) is 48.3 cm³/mol. The second-order valence-corrected chi connectivity index (χ2v) is 2.73. The Morgan fingerprint density at radius 2 is 2.00 bits per heavy atom. The molecule has 0 bridgehead atoms. The van der Waals surface area contributed by atoms with Crippen LogP contribution in [0.25, 0.3) is 5.82 Å². The summed E-state index contributed by atoms with van der Waals surface area (Å²) in [5, 5.41) is 7.96. The van der Waals surface area contributed by atoms with Crippen molar-refractivity contribution in [1.82, 2.24) is 20.0 Å². The second kappa shape index (κ2) is 2.85. The minimum atomic E-state index is 0.647. The van der Waals surface area contributed by atoms with E-state index in [2.05, 4.69) is 15.2 Å². The van der Waals surface area contributed by atoms with Crippen LogP contribution in [0.15, 0.2) is 24.7 Å². The Morgan fingerprint density at radius 1 is 1.31 bits per heavy atom. The Labute approximate surface area is 75.2 Å². The molecule has 0 aliphatic heterocycles. The molecule has 0 spiro atoms. The maximum atomic E-state index is 5.57. The summed E-state index contributed by atoms with van der Waals surface area (Å²) in [6, 6.07) is 1.84. The molecular weight excluding hydrogens is 166 g/mol. The van der Waals surface area contributed by atoms with Gasteiger partial charge in [-0.25, -0.2) is 4.98 Å². The SMILES string of the molecule is Cc1cc(N)cnc1-n1nccn1. The number of anilines is 1. The first-order valence-electron chi connectivity index (χ1n) is 3.86. The number of aromatic nitrogens is 4. The van der Waals surface area contributed by atoms with Crippen molar-refractivity contribution < 1.29 is 0 Å². The van der Waals surface area contributed by atoms with Crippen LogP contribution in [0.2, 0.25) is 0 Å². The van der Waals surface area contributed by atoms with Gasteiger partial charge in [0, 0.05) is 0 Å². The molecule has 5 nitrogen and oxygen atoms in total. The monoisotopic (exact) mass is 175 g/mol. The highest BCUT2D eigenvalue weighted by atomic mass is 15.5. The van der Waals surface area contributed by atoms with Gasteiger partial charge in [-0.1, -0.05) is 0 Å². The summed E-state index contributed by atoms with van der Waals surface area (Å²) >= 11 is 0. The molecule has 0 unspecified atom stereocenters. The molecule has 0 aromatic carbocycles. The number of hydrogen-bond donors (Lipinski definition) is 1. The molecule has 0 saturated heterocycles. The number of nitrogens with two attached hydrogens (primary N) is 1. The van der Waals surface area contributed by atoms with E-state index in [1.54, 1.807) is 18.6 Å². The van der Waals surface area contributed by atoms with Gasteiger partial charge >= 0.3 is 0 Å². The van der Waals surface area contributed by atoms with Crippen LogP contribution < -0.4 is 5.73 Å². The summed E-state index contributed by atoms with van der Waals surface area (Å²) in [5.41, 5.74) is 7.17. The summed E-state index contributed by atoms with van der Waals surface area (Å²) in [6.07, 6.45) is 4.81. The first kappa shape index (κ1) is 7.72. The highest BCUT2D eigenvalue weighted by Crippen LogP contribution is 2.10. The van der Waals surface area contributed by atoms with E-state index in [0.717, 1.165) is 5.56 Å². The lowest BCUT2D eigenvalue weighted by molar-refractivity contribution is 0.724. The van der Waals surface area contributed by atoms with Gasteiger partial charge in [-0.05, 0) is 18.6 Å². The van der Waals surface area contributed by atoms with Crippen LogP contribution in [0.5, 0.6) is 0 Å². The van der Waals surface area contributed by atoms with Crippen LogP contribution >= 0.6 is 0 Å². The van der Waals surface area contributed by atoms with E-state index < -0.39 is 0 Å². The van der Waals surface area contributed by atoms with E-state index in [0.29, 0.717) is 11.5 Å². The number of nitrogen functional groups attached to an aromatic ring is 1. The lowest BCUT2D eigenvalue weighted by atomic mass is 10.3. The Bertz CT molecular complexity index is 406. The first-order valence-corrected chi connectivity index (χ1v) is 3.86. The lowest BCUT2D eigenvalue weighted by Crippen LogP contribution is -2.04. The van der Waals surface area contributed by atoms with E-state index >= 15 is 0 Å². The van der Waals surface area contributed by atoms with Crippen LogP contribution in [0.3, 0.4) is 0 Å². The molecule has 2 N–H and O–H groups in total. The van der Waals surface area contributed by atoms with Gasteiger partial charge in [0.25, 0.3) is 0 Å². The molecule has 0 aliphatic carbocycles. The van der Waals surface area contributed by atoms with Crippen molar-refractivity contribution in [3.8, 4) is 5.82 Å². The van der Waals surface area contributed by atoms with Crippen LogP contribution in [0.4, 0.5) is 5.69 Å². The van der Waals surface area contributed by atoms with E-state index in [1.165, 1.54) is 4.80 Å². The van der Waals surface area contributed by atoms with E-state index in [1.807, 2.05) is 13.0 Å². The Balaban J connectivity index is 2.53. The fourth-order valence-corrected chi connectivity index (χ4v) is 1.12. The van der Waals surface area contributed by atoms with Crippen LogP contribution in [0, 0.1) is 6.92 Å². The Kier molecular flexibility index (Phi) is 1.70. The molecular formula is C8H9N5. The maximum Gasteiger partial charge on any atom is 0.177 e. The molecule has 0 atom stereocenters. The van der Waals surface area contributed by atoms with E-state index in [9.17, 15) is 0 Å².